The van der Waals surface area contributed by atoms with Crippen molar-refractivity contribution in [2.45, 2.75) is 30.7 Å². The van der Waals surface area contributed by atoms with Crippen molar-refractivity contribution in [3.8, 4) is 5.75 Å². The number of aromatic hydroxyl groups is 1. The summed E-state index contributed by atoms with van der Waals surface area (Å²) >= 11 is 11.6. The van der Waals surface area contributed by atoms with Gasteiger partial charge in [0.25, 0.3) is 0 Å². The van der Waals surface area contributed by atoms with Gasteiger partial charge < -0.3 is 40.4 Å². The maximum absolute atomic E-state index is 9.29. The lowest BCUT2D eigenvalue weighted by Crippen LogP contribution is -2.58. The molecule has 5 atom stereocenters. The first-order valence-corrected chi connectivity index (χ1v) is 7.66. The summed E-state index contributed by atoms with van der Waals surface area (Å²) in [5, 5.41) is 55.6. The molecule has 10 heteroatoms. The Morgan fingerprint density at radius 1 is 1.04 bits per heavy atom. The van der Waals surface area contributed by atoms with Crippen LogP contribution in [0.1, 0.15) is 0 Å². The van der Waals surface area contributed by atoms with E-state index in [-0.39, 0.29) is 5.75 Å². The number of fused-ring (bicyclic) bond motifs is 1. The van der Waals surface area contributed by atoms with Crippen molar-refractivity contribution in [3.05, 3.63) is 28.4 Å². The van der Waals surface area contributed by atoms with Crippen molar-refractivity contribution < 1.29 is 35.4 Å². The number of nitrogens with one attached hydrogen (secondary N) is 1. The first-order valence-electron chi connectivity index (χ1n) is 6.90. The quantitative estimate of drug-likeness (QED) is 0.366. The van der Waals surface area contributed by atoms with Gasteiger partial charge in [-0.05, 0) is 12.1 Å². The number of aromatic amines is 1. The Balaban J connectivity index is 0.000000174. The monoisotopic (exact) mass is 381 g/mol. The molecule has 24 heavy (non-hydrogen) atoms. The average Bonchev–Trinajstić information content (AvgIpc) is 2.95. The molecule has 0 radical (unpaired) electrons. The molecule has 0 bridgehead atoms. The van der Waals surface area contributed by atoms with Crippen LogP contribution in [0, 0.1) is 0 Å². The highest BCUT2D eigenvalue weighted by Gasteiger charge is 2.42. The van der Waals surface area contributed by atoms with Gasteiger partial charge in [0.1, 0.15) is 30.2 Å². The summed E-state index contributed by atoms with van der Waals surface area (Å²) < 4.78 is 4.58. The van der Waals surface area contributed by atoms with Gasteiger partial charge in [0.05, 0.1) is 22.2 Å². The number of benzene rings is 1. The normalized spacial score (nSPS) is 30.0. The summed E-state index contributed by atoms with van der Waals surface area (Å²) in [6.45, 7) is -0.526. The Labute approximate surface area is 146 Å². The third kappa shape index (κ3) is 3.76. The first kappa shape index (κ1) is 19.2. The molecule has 2 heterocycles. The molecule has 0 saturated carbocycles. The largest absolute Gasteiger partial charge is 0.506 e. The van der Waals surface area contributed by atoms with Crippen LogP contribution in [0.5, 0.6) is 5.75 Å². The molecule has 1 aliphatic heterocycles. The number of ether oxygens (including phenoxy) is 1. The van der Waals surface area contributed by atoms with E-state index in [1.165, 1.54) is 6.20 Å². The fourth-order valence-electron chi connectivity index (χ4n) is 2.21. The minimum Gasteiger partial charge on any atom is -0.506 e. The van der Waals surface area contributed by atoms with E-state index in [0.29, 0.717) is 20.9 Å². The Hall–Kier alpha value is -1.10. The van der Waals surface area contributed by atoms with Gasteiger partial charge in [0, 0.05) is 11.6 Å². The Morgan fingerprint density at radius 2 is 1.71 bits per heavy atom. The molecule has 7 N–H and O–H groups in total. The third-order valence-corrected chi connectivity index (χ3v) is 4.40. The van der Waals surface area contributed by atoms with E-state index < -0.39 is 37.3 Å². The summed E-state index contributed by atoms with van der Waals surface area (Å²) in [6.07, 6.45) is -5.56. The van der Waals surface area contributed by atoms with E-state index in [1.54, 1.807) is 12.1 Å². The van der Waals surface area contributed by atoms with E-state index in [4.69, 9.17) is 48.7 Å². The molecule has 0 unspecified atom stereocenters. The van der Waals surface area contributed by atoms with Gasteiger partial charge in [-0.25, -0.2) is 0 Å². The van der Waals surface area contributed by atoms with Crippen LogP contribution in [0.25, 0.3) is 10.9 Å². The molecule has 1 saturated heterocycles. The number of H-pyrrole nitrogens is 1. The van der Waals surface area contributed by atoms with Crippen molar-refractivity contribution >= 4 is 34.1 Å². The lowest BCUT2D eigenvalue weighted by atomic mass is 10.00. The van der Waals surface area contributed by atoms with E-state index in [2.05, 4.69) is 9.72 Å². The zero-order valence-corrected chi connectivity index (χ0v) is 13.7. The first-order chi connectivity index (χ1) is 11.3. The van der Waals surface area contributed by atoms with Crippen LogP contribution in [0.15, 0.2) is 18.3 Å². The number of aromatic nitrogens is 1. The van der Waals surface area contributed by atoms with Gasteiger partial charge >= 0.3 is 0 Å². The number of aliphatic hydroxyl groups excluding tert-OH is 5. The van der Waals surface area contributed by atoms with Crippen molar-refractivity contribution in [1.82, 2.24) is 4.98 Å². The van der Waals surface area contributed by atoms with E-state index >= 15 is 0 Å². The molecule has 8 nitrogen and oxygen atoms in total. The Bertz CT molecular complexity index is 690. The van der Waals surface area contributed by atoms with Crippen LogP contribution in [0.4, 0.5) is 0 Å². The summed E-state index contributed by atoms with van der Waals surface area (Å²) in [6, 6.07) is 3.37. The molecule has 1 aromatic carbocycles. The standard InChI is InChI=1S/C8H5Cl2NO.C6H12O6/c9-5-2-1-4-6(12)3-11-8(4)7(5)10;7-1-2-3(8)4(9)5(10)6(11)12-2/h1-3,11-12H;2-11H,1H2/t;2-,3-,4+,5+,6+/m.1/s1. The SMILES string of the molecule is OC[C@H]1O[C@H](O)[C@@H](O)[C@@H](O)[C@@H]1O.Oc1c[nH]c2c(Cl)c(Cl)ccc12. The second-order valence-electron chi connectivity index (χ2n) is 5.18. The highest BCUT2D eigenvalue weighted by molar-refractivity contribution is 6.45. The highest BCUT2D eigenvalue weighted by Crippen LogP contribution is 2.34. The van der Waals surface area contributed by atoms with Crippen LogP contribution in [-0.4, -0.2) is 72.9 Å². The molecule has 0 spiro atoms. The zero-order valence-electron chi connectivity index (χ0n) is 12.2. The molecule has 1 aromatic heterocycles. The molecular weight excluding hydrogens is 365 g/mol. The number of hydrogen-bond acceptors (Lipinski definition) is 7. The number of halogens is 2. The molecule has 1 fully saturated rings. The van der Waals surface area contributed by atoms with Crippen molar-refractivity contribution in [3.63, 3.8) is 0 Å². The van der Waals surface area contributed by atoms with Crippen LogP contribution >= 0.6 is 23.2 Å². The average molecular weight is 382 g/mol. The zero-order chi connectivity index (χ0) is 18.0. The van der Waals surface area contributed by atoms with Gasteiger partial charge in [-0.2, -0.15) is 0 Å². The van der Waals surface area contributed by atoms with Gasteiger partial charge in [0.2, 0.25) is 0 Å². The number of rotatable bonds is 1. The number of aliphatic hydroxyl groups is 5. The summed E-state index contributed by atoms with van der Waals surface area (Å²) in [4.78, 5) is 2.83. The van der Waals surface area contributed by atoms with Crippen LogP contribution < -0.4 is 0 Å². The predicted octanol–water partition coefficient (Wildman–Crippen LogP) is -0.0411. The van der Waals surface area contributed by atoms with E-state index in [9.17, 15) is 5.11 Å². The predicted molar refractivity (Wildman–Crippen MR) is 86.0 cm³/mol. The fraction of sp³-hybridized carbons (Fsp3) is 0.429. The summed E-state index contributed by atoms with van der Waals surface area (Å²) in [5.41, 5.74) is 0.668. The van der Waals surface area contributed by atoms with Gasteiger partial charge in [-0.3, -0.25) is 0 Å². The Kier molecular flexibility index (Phi) is 6.29. The second kappa shape index (κ2) is 7.85. The molecule has 2 aromatic rings. The Morgan fingerprint density at radius 3 is 2.33 bits per heavy atom. The summed E-state index contributed by atoms with van der Waals surface area (Å²) in [7, 11) is 0. The van der Waals surface area contributed by atoms with Gasteiger partial charge in [-0.1, -0.05) is 23.2 Å². The number of hydrogen-bond donors (Lipinski definition) is 7. The van der Waals surface area contributed by atoms with Crippen LogP contribution in [0.2, 0.25) is 10.0 Å². The molecule has 1 aliphatic rings. The molecule has 0 aliphatic carbocycles. The minimum atomic E-state index is -1.57. The van der Waals surface area contributed by atoms with E-state index in [0.717, 1.165) is 0 Å². The smallest absolute Gasteiger partial charge is 0.184 e. The second-order valence-corrected chi connectivity index (χ2v) is 5.96. The molecule has 134 valence electrons. The van der Waals surface area contributed by atoms with Crippen molar-refractivity contribution in [2.75, 3.05) is 6.61 Å². The van der Waals surface area contributed by atoms with Crippen molar-refractivity contribution in [2.24, 2.45) is 0 Å². The minimum absolute atomic E-state index is 0.184. The van der Waals surface area contributed by atoms with Gasteiger partial charge in [0.15, 0.2) is 6.29 Å². The summed E-state index contributed by atoms with van der Waals surface area (Å²) in [5.74, 6) is 0.184. The van der Waals surface area contributed by atoms with Crippen LogP contribution in [-0.2, 0) is 4.74 Å². The topological polar surface area (TPSA) is 146 Å². The van der Waals surface area contributed by atoms with Crippen LogP contribution in [0.3, 0.4) is 0 Å². The van der Waals surface area contributed by atoms with Crippen molar-refractivity contribution in [1.29, 1.82) is 0 Å². The molecule has 3 rings (SSSR count). The third-order valence-electron chi connectivity index (χ3n) is 3.59. The molecular formula is C14H17Cl2NO7. The fourth-order valence-corrected chi connectivity index (χ4v) is 2.58. The maximum Gasteiger partial charge on any atom is 0.184 e. The lowest BCUT2D eigenvalue weighted by molar-refractivity contribution is -0.286. The maximum atomic E-state index is 9.29. The highest BCUT2D eigenvalue weighted by atomic mass is 35.5. The molecule has 0 amide bonds. The van der Waals surface area contributed by atoms with E-state index in [1.807, 2.05) is 0 Å². The van der Waals surface area contributed by atoms with Gasteiger partial charge in [-0.15, -0.1) is 0 Å². The lowest BCUT2D eigenvalue weighted by Gasteiger charge is -2.37.